The first-order valence-electron chi connectivity index (χ1n) is 6.58. The number of carboxylic acid groups (broad SMARTS) is 1. The first kappa shape index (κ1) is 14.7. The molecule has 0 saturated heterocycles. The lowest BCUT2D eigenvalue weighted by atomic mass is 9.96. The second kappa shape index (κ2) is 6.62. The molecule has 5 heteroatoms. The van der Waals surface area contributed by atoms with E-state index < -0.39 is 11.9 Å². The van der Waals surface area contributed by atoms with Crippen molar-refractivity contribution in [2.45, 2.75) is 19.3 Å². The maximum Gasteiger partial charge on any atom is 0.371 e. The van der Waals surface area contributed by atoms with Crippen LogP contribution in [0.25, 0.3) is 0 Å². The number of carbonyl (C=O) groups is 1. The second-order valence-corrected chi connectivity index (χ2v) is 4.46. The van der Waals surface area contributed by atoms with Crippen LogP contribution in [0.15, 0.2) is 40.8 Å². The third kappa shape index (κ3) is 3.63. The molecule has 0 bridgehead atoms. The number of benzene rings is 1. The highest BCUT2D eigenvalue weighted by atomic mass is 16.5. The van der Waals surface area contributed by atoms with Crippen LogP contribution in [0.5, 0.6) is 5.75 Å². The molecule has 0 radical (unpaired) electrons. The predicted octanol–water partition coefficient (Wildman–Crippen LogP) is 3.23. The van der Waals surface area contributed by atoms with Crippen molar-refractivity contribution in [3.8, 4) is 11.8 Å². The maximum atomic E-state index is 10.8. The lowest BCUT2D eigenvalue weighted by Crippen LogP contribution is -2.00. The Morgan fingerprint density at radius 2 is 2.05 bits per heavy atom. The van der Waals surface area contributed by atoms with Gasteiger partial charge in [0.1, 0.15) is 11.5 Å². The molecule has 0 amide bonds. The Kier molecular flexibility index (Phi) is 4.62. The van der Waals surface area contributed by atoms with Gasteiger partial charge in [-0.05, 0) is 36.8 Å². The van der Waals surface area contributed by atoms with E-state index >= 15 is 0 Å². The third-order valence-corrected chi connectivity index (χ3v) is 3.03. The number of furan rings is 1. The van der Waals surface area contributed by atoms with E-state index in [0.29, 0.717) is 18.8 Å². The molecular weight excluding hydrogens is 270 g/mol. The molecule has 0 saturated carbocycles. The van der Waals surface area contributed by atoms with Crippen LogP contribution < -0.4 is 4.74 Å². The number of ether oxygens (including phenoxy) is 1. The van der Waals surface area contributed by atoms with Crippen LogP contribution in [0.3, 0.4) is 0 Å². The Morgan fingerprint density at radius 1 is 1.33 bits per heavy atom. The van der Waals surface area contributed by atoms with Gasteiger partial charge < -0.3 is 14.3 Å². The molecule has 1 atom stereocenters. The molecule has 1 aromatic carbocycles. The second-order valence-electron chi connectivity index (χ2n) is 4.46. The molecule has 0 spiro atoms. The number of hydrogen-bond acceptors (Lipinski definition) is 4. The van der Waals surface area contributed by atoms with Crippen LogP contribution in [0, 0.1) is 11.3 Å². The topological polar surface area (TPSA) is 83.5 Å². The minimum absolute atomic E-state index is 0.117. The quantitative estimate of drug-likeness (QED) is 0.880. The van der Waals surface area contributed by atoms with Crippen LogP contribution in [0.1, 0.15) is 34.7 Å². The predicted molar refractivity (Wildman–Crippen MR) is 75.3 cm³/mol. The van der Waals surface area contributed by atoms with Crippen molar-refractivity contribution in [1.82, 2.24) is 0 Å². The smallest absolute Gasteiger partial charge is 0.371 e. The van der Waals surface area contributed by atoms with E-state index in [4.69, 9.17) is 14.3 Å². The summed E-state index contributed by atoms with van der Waals surface area (Å²) >= 11 is 0. The number of nitrogens with zero attached hydrogens (tertiary/aromatic N) is 1. The molecule has 5 nitrogen and oxygen atoms in total. The summed E-state index contributed by atoms with van der Waals surface area (Å²) < 4.78 is 10.5. The lowest BCUT2D eigenvalue weighted by molar-refractivity contribution is 0.0660. The van der Waals surface area contributed by atoms with Gasteiger partial charge >= 0.3 is 5.97 Å². The van der Waals surface area contributed by atoms with Crippen LogP contribution in [-0.2, 0) is 6.42 Å². The van der Waals surface area contributed by atoms with E-state index in [-0.39, 0.29) is 5.76 Å². The van der Waals surface area contributed by atoms with Gasteiger partial charge in [0.15, 0.2) is 0 Å². The van der Waals surface area contributed by atoms with Gasteiger partial charge in [0.25, 0.3) is 0 Å². The minimum atomic E-state index is -1.11. The number of nitriles is 1. The molecule has 1 N–H and O–H groups in total. The molecule has 0 aliphatic carbocycles. The fourth-order valence-corrected chi connectivity index (χ4v) is 2.00. The number of carboxylic acids is 1. The summed E-state index contributed by atoms with van der Waals surface area (Å²) in [4.78, 5) is 10.8. The van der Waals surface area contributed by atoms with Gasteiger partial charge in [-0.25, -0.2) is 4.79 Å². The summed E-state index contributed by atoms with van der Waals surface area (Å²) in [7, 11) is 0. The molecule has 2 rings (SSSR count). The Balaban J connectivity index is 2.12. The summed E-state index contributed by atoms with van der Waals surface area (Å²) in [6.45, 7) is 2.49. The molecule has 0 aliphatic rings. The summed E-state index contributed by atoms with van der Waals surface area (Å²) in [5.74, 6) is -0.394. The monoisotopic (exact) mass is 285 g/mol. The highest BCUT2D eigenvalue weighted by Gasteiger charge is 2.16. The van der Waals surface area contributed by atoms with Crippen LogP contribution >= 0.6 is 0 Å². The third-order valence-electron chi connectivity index (χ3n) is 3.03. The molecule has 1 unspecified atom stereocenters. The number of hydrogen-bond donors (Lipinski definition) is 1. The van der Waals surface area contributed by atoms with Gasteiger partial charge in [0.2, 0.25) is 5.76 Å². The number of aromatic carboxylic acids is 1. The first-order valence-corrected chi connectivity index (χ1v) is 6.58. The van der Waals surface area contributed by atoms with Gasteiger partial charge in [-0.2, -0.15) is 5.26 Å². The summed E-state index contributed by atoms with van der Waals surface area (Å²) in [5.41, 5.74) is 0.842. The minimum Gasteiger partial charge on any atom is -0.494 e. The van der Waals surface area contributed by atoms with Crippen molar-refractivity contribution in [3.05, 3.63) is 53.5 Å². The van der Waals surface area contributed by atoms with Crippen molar-refractivity contribution < 1.29 is 19.1 Å². The van der Waals surface area contributed by atoms with Crippen LogP contribution in [0.4, 0.5) is 0 Å². The van der Waals surface area contributed by atoms with E-state index in [1.807, 2.05) is 31.2 Å². The van der Waals surface area contributed by atoms with Crippen LogP contribution in [-0.4, -0.2) is 17.7 Å². The molecule has 0 aliphatic heterocycles. The molecule has 1 aromatic heterocycles. The summed E-state index contributed by atoms with van der Waals surface area (Å²) in [6.07, 6.45) is 0.331. The normalized spacial score (nSPS) is 11.6. The van der Waals surface area contributed by atoms with Gasteiger partial charge in [-0.3, -0.25) is 0 Å². The van der Waals surface area contributed by atoms with Gasteiger partial charge in [-0.15, -0.1) is 0 Å². The molecule has 0 fully saturated rings. The zero-order valence-corrected chi connectivity index (χ0v) is 11.6. The highest BCUT2D eigenvalue weighted by Crippen LogP contribution is 2.24. The summed E-state index contributed by atoms with van der Waals surface area (Å²) in [6, 6.07) is 12.5. The fourth-order valence-electron chi connectivity index (χ4n) is 2.00. The molecule has 1 heterocycles. The van der Waals surface area contributed by atoms with Crippen molar-refractivity contribution in [1.29, 1.82) is 5.26 Å². The largest absolute Gasteiger partial charge is 0.494 e. The molecule has 108 valence electrons. The van der Waals surface area contributed by atoms with Gasteiger partial charge in [0, 0.05) is 6.42 Å². The van der Waals surface area contributed by atoms with Gasteiger partial charge in [0.05, 0.1) is 18.6 Å². The van der Waals surface area contributed by atoms with E-state index in [2.05, 4.69) is 6.07 Å². The van der Waals surface area contributed by atoms with E-state index in [9.17, 15) is 10.1 Å². The van der Waals surface area contributed by atoms with Crippen molar-refractivity contribution in [2.75, 3.05) is 6.61 Å². The highest BCUT2D eigenvalue weighted by molar-refractivity contribution is 5.84. The zero-order chi connectivity index (χ0) is 15.2. The fraction of sp³-hybridized carbons (Fsp3) is 0.250. The average Bonchev–Trinajstić information content (AvgIpc) is 2.95. The standard InChI is InChI=1S/C16H15NO4/c1-2-20-13-5-3-11(4-6-13)12(10-17)9-14-7-8-15(21-14)16(18)19/h3-8,12H,2,9H2,1H3,(H,18,19). The van der Waals surface area contributed by atoms with E-state index in [0.717, 1.165) is 11.3 Å². The van der Waals surface area contributed by atoms with Crippen molar-refractivity contribution >= 4 is 5.97 Å². The Hall–Kier alpha value is -2.74. The average molecular weight is 285 g/mol. The molecule has 21 heavy (non-hydrogen) atoms. The first-order chi connectivity index (χ1) is 10.1. The lowest BCUT2D eigenvalue weighted by Gasteiger charge is -2.09. The SMILES string of the molecule is CCOc1ccc(C(C#N)Cc2ccc(C(=O)O)o2)cc1. The van der Waals surface area contributed by atoms with Gasteiger partial charge in [-0.1, -0.05) is 12.1 Å². The van der Waals surface area contributed by atoms with Crippen molar-refractivity contribution in [3.63, 3.8) is 0 Å². The maximum absolute atomic E-state index is 10.8. The molecular formula is C16H15NO4. The molecule has 2 aromatic rings. The number of rotatable bonds is 6. The van der Waals surface area contributed by atoms with E-state index in [1.54, 1.807) is 6.07 Å². The zero-order valence-electron chi connectivity index (χ0n) is 11.6. The van der Waals surface area contributed by atoms with Crippen LogP contribution in [0.2, 0.25) is 0 Å². The van der Waals surface area contributed by atoms with E-state index in [1.165, 1.54) is 6.07 Å². The Labute approximate surface area is 122 Å². The van der Waals surface area contributed by atoms with Crippen molar-refractivity contribution in [2.24, 2.45) is 0 Å². The Morgan fingerprint density at radius 3 is 2.57 bits per heavy atom. The summed E-state index contributed by atoms with van der Waals surface area (Å²) in [5, 5.41) is 18.1. The Bertz CT molecular complexity index is 652.